The van der Waals surface area contributed by atoms with Crippen molar-refractivity contribution >= 4 is 15.9 Å². The number of benzene rings is 1. The summed E-state index contributed by atoms with van der Waals surface area (Å²) in [4.78, 5) is 3.73. The molecule has 9 heteroatoms. The largest absolute Gasteiger partial charge is 0.414 e. The van der Waals surface area contributed by atoms with Crippen molar-refractivity contribution in [1.29, 1.82) is 0 Å². The van der Waals surface area contributed by atoms with Gasteiger partial charge in [0.15, 0.2) is 6.10 Å². The first-order valence-electron chi connectivity index (χ1n) is 5.30. The average molecular weight is 355 g/mol. The Morgan fingerprint density at radius 2 is 2.05 bits per heavy atom. The number of alkyl halides is 3. The Balaban J connectivity index is 2.21. The normalized spacial score (nSPS) is 13.5. The molecule has 1 N–H and O–H groups in total. The fourth-order valence-electron chi connectivity index (χ4n) is 1.40. The molecule has 0 aliphatic rings. The molecule has 0 aliphatic carbocycles. The van der Waals surface area contributed by atoms with Crippen LogP contribution in [0.4, 0.5) is 17.6 Å². The van der Waals surface area contributed by atoms with Crippen LogP contribution in [0.15, 0.2) is 27.2 Å². The lowest BCUT2D eigenvalue weighted by molar-refractivity contribution is -0.204. The van der Waals surface area contributed by atoms with Gasteiger partial charge < -0.3 is 9.63 Å². The molecule has 0 spiro atoms. The second-order valence-corrected chi connectivity index (χ2v) is 4.75. The highest BCUT2D eigenvalue weighted by Crippen LogP contribution is 2.28. The number of aliphatic hydroxyl groups excluding tert-OH is 1. The molecule has 4 nitrogen and oxygen atoms in total. The summed E-state index contributed by atoms with van der Waals surface area (Å²) in [7, 11) is 0. The fourth-order valence-corrected chi connectivity index (χ4v) is 1.93. The van der Waals surface area contributed by atoms with Crippen LogP contribution >= 0.6 is 15.9 Å². The quantitative estimate of drug-likeness (QED) is 0.860. The van der Waals surface area contributed by atoms with Crippen LogP contribution in [0.1, 0.15) is 5.89 Å². The van der Waals surface area contributed by atoms with Crippen molar-refractivity contribution in [3.05, 3.63) is 34.4 Å². The van der Waals surface area contributed by atoms with Crippen molar-refractivity contribution < 1.29 is 27.2 Å². The summed E-state index contributed by atoms with van der Waals surface area (Å²) in [6.07, 6.45) is -8.17. The minimum absolute atomic E-state index is 0.00116. The van der Waals surface area contributed by atoms with Crippen LogP contribution in [-0.4, -0.2) is 27.5 Å². The molecular formula is C11H7BrF4N2O2. The maximum atomic E-state index is 12.9. The van der Waals surface area contributed by atoms with E-state index in [0.717, 1.165) is 12.1 Å². The van der Waals surface area contributed by atoms with Crippen LogP contribution in [0.2, 0.25) is 0 Å². The summed E-state index contributed by atoms with van der Waals surface area (Å²) >= 11 is 3.08. The summed E-state index contributed by atoms with van der Waals surface area (Å²) in [6, 6.07) is 3.67. The highest BCUT2D eigenvalue weighted by molar-refractivity contribution is 9.10. The first-order chi connectivity index (χ1) is 9.27. The smallest absolute Gasteiger partial charge is 0.383 e. The zero-order chi connectivity index (χ0) is 14.9. The van der Waals surface area contributed by atoms with Gasteiger partial charge in [-0.25, -0.2) is 4.39 Å². The Morgan fingerprint density at radius 1 is 1.35 bits per heavy atom. The second-order valence-electron chi connectivity index (χ2n) is 3.90. The lowest BCUT2D eigenvalue weighted by Crippen LogP contribution is -2.30. The van der Waals surface area contributed by atoms with Gasteiger partial charge in [-0.1, -0.05) is 5.16 Å². The third-order valence-corrected chi connectivity index (χ3v) is 3.04. The summed E-state index contributed by atoms with van der Waals surface area (Å²) in [6.45, 7) is 0. The summed E-state index contributed by atoms with van der Waals surface area (Å²) in [5, 5.41) is 12.4. The molecule has 0 saturated carbocycles. The van der Waals surface area contributed by atoms with Gasteiger partial charge in [0.2, 0.25) is 11.7 Å². The van der Waals surface area contributed by atoms with Crippen molar-refractivity contribution in [2.24, 2.45) is 0 Å². The van der Waals surface area contributed by atoms with E-state index in [0.29, 0.717) is 10.0 Å². The first kappa shape index (κ1) is 14.9. The lowest BCUT2D eigenvalue weighted by Gasteiger charge is -2.11. The molecule has 0 saturated heterocycles. The third-order valence-electron chi connectivity index (χ3n) is 2.39. The first-order valence-corrected chi connectivity index (χ1v) is 6.09. The molecule has 20 heavy (non-hydrogen) atoms. The molecule has 1 atom stereocenters. The SMILES string of the molecule is OC(Cc1nc(-c2ccc(F)cc2Br)no1)C(F)(F)F. The average Bonchev–Trinajstić information content (AvgIpc) is 2.76. The van der Waals surface area contributed by atoms with E-state index in [1.807, 2.05) is 0 Å². The number of hydrogen-bond acceptors (Lipinski definition) is 4. The molecule has 1 heterocycles. The van der Waals surface area contributed by atoms with E-state index < -0.39 is 24.5 Å². The Kier molecular flexibility index (Phi) is 4.09. The highest BCUT2D eigenvalue weighted by atomic mass is 79.9. The van der Waals surface area contributed by atoms with Crippen molar-refractivity contribution in [2.75, 3.05) is 0 Å². The number of halogens is 5. The molecule has 2 aromatic rings. The van der Waals surface area contributed by atoms with Gasteiger partial charge in [0.25, 0.3) is 0 Å². The predicted molar refractivity (Wildman–Crippen MR) is 63.2 cm³/mol. The zero-order valence-electron chi connectivity index (χ0n) is 9.66. The second kappa shape index (κ2) is 5.49. The fraction of sp³-hybridized carbons (Fsp3) is 0.273. The van der Waals surface area contributed by atoms with E-state index >= 15 is 0 Å². The molecule has 1 aromatic carbocycles. The van der Waals surface area contributed by atoms with E-state index in [1.54, 1.807) is 0 Å². The molecule has 1 unspecified atom stereocenters. The maximum Gasteiger partial charge on any atom is 0.414 e. The van der Waals surface area contributed by atoms with Gasteiger partial charge in [-0.3, -0.25) is 0 Å². The minimum atomic E-state index is -4.76. The Hall–Kier alpha value is -1.48. The van der Waals surface area contributed by atoms with E-state index in [1.165, 1.54) is 6.07 Å². The molecule has 0 fully saturated rings. The number of hydrogen-bond donors (Lipinski definition) is 1. The lowest BCUT2D eigenvalue weighted by atomic mass is 10.2. The van der Waals surface area contributed by atoms with Gasteiger partial charge in [0, 0.05) is 10.0 Å². The van der Waals surface area contributed by atoms with Gasteiger partial charge in [0.05, 0.1) is 6.42 Å². The van der Waals surface area contributed by atoms with Crippen molar-refractivity contribution in [3.63, 3.8) is 0 Å². The molecule has 1 aromatic heterocycles. The van der Waals surface area contributed by atoms with E-state index in [9.17, 15) is 17.6 Å². The summed E-state index contributed by atoms with van der Waals surface area (Å²) < 4.78 is 54.4. The molecule has 2 rings (SSSR count). The van der Waals surface area contributed by atoms with Crippen LogP contribution in [0.25, 0.3) is 11.4 Å². The number of nitrogens with zero attached hydrogens (tertiary/aromatic N) is 2. The molecule has 0 bridgehead atoms. The predicted octanol–water partition coefficient (Wildman–Crippen LogP) is 3.10. The summed E-state index contributed by atoms with van der Waals surface area (Å²) in [5.41, 5.74) is 0.364. The van der Waals surface area contributed by atoms with Gasteiger partial charge in [0.1, 0.15) is 5.82 Å². The Labute approximate surface area is 118 Å². The van der Waals surface area contributed by atoms with Crippen molar-refractivity contribution in [2.45, 2.75) is 18.7 Å². The standard InChI is InChI=1S/C11H7BrF4N2O2/c12-7-3-5(13)1-2-6(7)10-17-9(20-18-10)4-8(19)11(14,15)16/h1-3,8,19H,4H2. The van der Waals surface area contributed by atoms with Crippen molar-refractivity contribution in [1.82, 2.24) is 10.1 Å². The number of aromatic nitrogens is 2. The molecular weight excluding hydrogens is 348 g/mol. The van der Waals surface area contributed by atoms with Crippen LogP contribution in [0.5, 0.6) is 0 Å². The summed E-state index contributed by atoms with van der Waals surface area (Å²) in [5.74, 6) is -0.848. The Morgan fingerprint density at radius 3 is 2.65 bits per heavy atom. The van der Waals surface area contributed by atoms with Gasteiger partial charge >= 0.3 is 6.18 Å². The van der Waals surface area contributed by atoms with Crippen LogP contribution in [-0.2, 0) is 6.42 Å². The highest BCUT2D eigenvalue weighted by Gasteiger charge is 2.39. The molecule has 0 amide bonds. The topological polar surface area (TPSA) is 59.2 Å². The van der Waals surface area contributed by atoms with Crippen LogP contribution in [0, 0.1) is 5.82 Å². The number of rotatable bonds is 3. The molecule has 0 aliphatic heterocycles. The third kappa shape index (κ3) is 3.34. The van der Waals surface area contributed by atoms with Crippen LogP contribution < -0.4 is 0 Å². The van der Waals surface area contributed by atoms with Crippen LogP contribution in [0.3, 0.4) is 0 Å². The Bertz CT molecular complexity index is 615. The van der Waals surface area contributed by atoms with Gasteiger partial charge in [-0.05, 0) is 34.1 Å². The van der Waals surface area contributed by atoms with Gasteiger partial charge in [-0.15, -0.1) is 0 Å². The van der Waals surface area contributed by atoms with Crippen molar-refractivity contribution in [3.8, 4) is 11.4 Å². The molecule has 108 valence electrons. The van der Waals surface area contributed by atoms with Gasteiger partial charge in [-0.2, -0.15) is 18.2 Å². The zero-order valence-corrected chi connectivity index (χ0v) is 11.2. The monoisotopic (exact) mass is 354 g/mol. The van der Waals surface area contributed by atoms with E-state index in [4.69, 9.17) is 5.11 Å². The van der Waals surface area contributed by atoms with E-state index in [-0.39, 0.29) is 11.7 Å². The maximum absolute atomic E-state index is 12.9. The number of aliphatic hydroxyl groups is 1. The molecule has 0 radical (unpaired) electrons. The van der Waals surface area contributed by atoms with E-state index in [2.05, 4.69) is 30.6 Å². The minimum Gasteiger partial charge on any atom is -0.383 e.